The minimum Gasteiger partial charge on any atom is -0.483 e. The van der Waals surface area contributed by atoms with E-state index in [1.54, 1.807) is 14.1 Å². The molecule has 1 aromatic rings. The van der Waals surface area contributed by atoms with Gasteiger partial charge in [0, 0.05) is 26.2 Å². The number of benzene rings is 1. The van der Waals surface area contributed by atoms with Crippen molar-refractivity contribution in [2.45, 2.75) is 32.2 Å². The van der Waals surface area contributed by atoms with E-state index in [1.165, 1.54) is 4.90 Å². The van der Waals surface area contributed by atoms with Gasteiger partial charge in [-0.15, -0.1) is 0 Å². The first kappa shape index (κ1) is 19.2. The van der Waals surface area contributed by atoms with Crippen molar-refractivity contribution >= 4 is 11.8 Å². The molecule has 2 unspecified atom stereocenters. The molecule has 138 valence electrons. The van der Waals surface area contributed by atoms with E-state index in [4.69, 9.17) is 4.74 Å². The zero-order chi connectivity index (χ0) is 18.2. The van der Waals surface area contributed by atoms with E-state index in [2.05, 4.69) is 10.6 Å². The fraction of sp³-hybridized carbons (Fsp3) is 0.579. The summed E-state index contributed by atoms with van der Waals surface area (Å²) >= 11 is 0. The molecule has 1 aliphatic rings. The normalized spacial score (nSPS) is 18.3. The highest BCUT2D eigenvalue weighted by Gasteiger charge is 2.24. The van der Waals surface area contributed by atoms with Gasteiger partial charge in [0.1, 0.15) is 5.75 Å². The molecule has 0 saturated carbocycles. The first-order valence-electron chi connectivity index (χ1n) is 8.95. The summed E-state index contributed by atoms with van der Waals surface area (Å²) in [5.74, 6) is 0.649. The predicted octanol–water partition coefficient (Wildman–Crippen LogP) is 1.72. The number of ether oxygens (including phenoxy) is 1. The van der Waals surface area contributed by atoms with Crippen molar-refractivity contribution in [1.82, 2.24) is 15.5 Å². The summed E-state index contributed by atoms with van der Waals surface area (Å²) in [7, 11) is 3.40. The van der Waals surface area contributed by atoms with Gasteiger partial charge in [0.25, 0.3) is 5.91 Å². The number of nitrogens with zero attached hydrogens (tertiary/aromatic N) is 1. The third-order valence-corrected chi connectivity index (χ3v) is 4.54. The van der Waals surface area contributed by atoms with E-state index in [0.717, 1.165) is 37.9 Å². The highest BCUT2D eigenvalue weighted by atomic mass is 16.5. The first-order chi connectivity index (χ1) is 12.0. The Kier molecular flexibility index (Phi) is 7.25. The van der Waals surface area contributed by atoms with Gasteiger partial charge in [-0.2, -0.15) is 0 Å². The van der Waals surface area contributed by atoms with Gasteiger partial charge in [0.2, 0.25) is 5.91 Å². The molecule has 6 nitrogen and oxygen atoms in total. The lowest BCUT2D eigenvalue weighted by Gasteiger charge is -2.26. The molecular formula is C19H29N3O3. The highest BCUT2D eigenvalue weighted by Crippen LogP contribution is 2.28. The van der Waals surface area contributed by atoms with E-state index >= 15 is 0 Å². The third-order valence-electron chi connectivity index (χ3n) is 4.54. The molecule has 0 spiro atoms. The van der Waals surface area contributed by atoms with Crippen LogP contribution in [0.25, 0.3) is 0 Å². The number of para-hydroxylation sites is 1. The molecule has 1 aromatic carbocycles. The summed E-state index contributed by atoms with van der Waals surface area (Å²) in [5.41, 5.74) is 0.911. The van der Waals surface area contributed by atoms with Gasteiger partial charge in [-0.1, -0.05) is 25.1 Å². The lowest BCUT2D eigenvalue weighted by molar-refractivity contribution is -0.131. The summed E-state index contributed by atoms with van der Waals surface area (Å²) in [6, 6.07) is 7.46. The maximum absolute atomic E-state index is 12.6. The molecule has 1 heterocycles. The standard InChI is InChI=1S/C19H29N3O3/c1-4-16(21-19(24)14-8-7-11-20-12-14)15-9-5-6-10-17(15)25-13-18(23)22(2)3/h5-6,9-10,14,16,20H,4,7-8,11-13H2,1-3H3,(H,21,24). The SMILES string of the molecule is CCC(NC(=O)C1CCCNC1)c1ccccc1OCC(=O)N(C)C. The summed E-state index contributed by atoms with van der Waals surface area (Å²) in [5, 5.41) is 6.42. The van der Waals surface area contributed by atoms with E-state index in [1.807, 2.05) is 31.2 Å². The zero-order valence-electron chi connectivity index (χ0n) is 15.4. The van der Waals surface area contributed by atoms with Crippen LogP contribution in [0.2, 0.25) is 0 Å². The number of carbonyl (C=O) groups excluding carboxylic acids is 2. The van der Waals surface area contributed by atoms with Crippen LogP contribution in [0.4, 0.5) is 0 Å². The number of likely N-dealkylation sites (N-methyl/N-ethyl adjacent to an activating group) is 1. The van der Waals surface area contributed by atoms with Crippen LogP contribution in [0.15, 0.2) is 24.3 Å². The van der Waals surface area contributed by atoms with Crippen LogP contribution in [0, 0.1) is 5.92 Å². The predicted molar refractivity (Wildman–Crippen MR) is 97.4 cm³/mol. The molecule has 0 bridgehead atoms. The topological polar surface area (TPSA) is 70.7 Å². The summed E-state index contributed by atoms with van der Waals surface area (Å²) < 4.78 is 5.72. The Morgan fingerprint density at radius 2 is 2.12 bits per heavy atom. The Morgan fingerprint density at radius 3 is 2.76 bits per heavy atom. The molecule has 0 aromatic heterocycles. The molecule has 25 heavy (non-hydrogen) atoms. The van der Waals surface area contributed by atoms with E-state index in [-0.39, 0.29) is 30.4 Å². The second kappa shape index (κ2) is 9.42. The van der Waals surface area contributed by atoms with Gasteiger partial charge in [-0.25, -0.2) is 0 Å². The molecule has 1 fully saturated rings. The average Bonchev–Trinajstić information content (AvgIpc) is 2.64. The smallest absolute Gasteiger partial charge is 0.259 e. The number of hydrogen-bond acceptors (Lipinski definition) is 4. The van der Waals surface area contributed by atoms with E-state index in [9.17, 15) is 9.59 Å². The van der Waals surface area contributed by atoms with Crippen molar-refractivity contribution in [1.29, 1.82) is 0 Å². The molecule has 1 aliphatic heterocycles. The number of hydrogen-bond donors (Lipinski definition) is 2. The second-order valence-corrected chi connectivity index (χ2v) is 6.63. The number of carbonyl (C=O) groups is 2. The Labute approximate surface area is 149 Å². The number of nitrogens with one attached hydrogen (secondary N) is 2. The maximum Gasteiger partial charge on any atom is 0.259 e. The van der Waals surface area contributed by atoms with Crippen LogP contribution in [0.3, 0.4) is 0 Å². The molecule has 2 amide bonds. The average molecular weight is 347 g/mol. The van der Waals surface area contributed by atoms with Crippen LogP contribution >= 0.6 is 0 Å². The number of piperidine rings is 1. The second-order valence-electron chi connectivity index (χ2n) is 6.63. The van der Waals surface area contributed by atoms with Crippen molar-refractivity contribution < 1.29 is 14.3 Å². The van der Waals surface area contributed by atoms with Crippen LogP contribution < -0.4 is 15.4 Å². The summed E-state index contributed by atoms with van der Waals surface area (Å²) in [6.45, 7) is 3.74. The van der Waals surface area contributed by atoms with Crippen LogP contribution in [-0.2, 0) is 9.59 Å². The van der Waals surface area contributed by atoms with Gasteiger partial charge in [-0.3, -0.25) is 9.59 Å². The first-order valence-corrected chi connectivity index (χ1v) is 8.95. The molecule has 2 N–H and O–H groups in total. The van der Waals surface area contributed by atoms with Crippen LogP contribution in [0.1, 0.15) is 37.8 Å². The van der Waals surface area contributed by atoms with Gasteiger partial charge >= 0.3 is 0 Å². The largest absolute Gasteiger partial charge is 0.483 e. The molecule has 2 rings (SSSR count). The van der Waals surface area contributed by atoms with Gasteiger partial charge in [0.15, 0.2) is 6.61 Å². The van der Waals surface area contributed by atoms with E-state index in [0.29, 0.717) is 5.75 Å². The summed E-state index contributed by atoms with van der Waals surface area (Å²) in [4.78, 5) is 25.8. The molecule has 1 saturated heterocycles. The van der Waals surface area contributed by atoms with Gasteiger partial charge < -0.3 is 20.3 Å². The quantitative estimate of drug-likeness (QED) is 0.788. The lowest BCUT2D eigenvalue weighted by atomic mass is 9.97. The fourth-order valence-electron chi connectivity index (χ4n) is 2.93. The molecule has 0 radical (unpaired) electrons. The van der Waals surface area contributed by atoms with Gasteiger partial charge in [0.05, 0.1) is 12.0 Å². The molecular weight excluding hydrogens is 318 g/mol. The fourth-order valence-corrected chi connectivity index (χ4v) is 2.93. The van der Waals surface area contributed by atoms with Crippen LogP contribution in [0.5, 0.6) is 5.75 Å². The van der Waals surface area contributed by atoms with Crippen molar-refractivity contribution in [2.24, 2.45) is 5.92 Å². The van der Waals surface area contributed by atoms with Gasteiger partial charge in [-0.05, 0) is 31.9 Å². The van der Waals surface area contributed by atoms with Crippen molar-refractivity contribution in [3.05, 3.63) is 29.8 Å². The molecule has 0 aliphatic carbocycles. The number of rotatable bonds is 7. The Bertz CT molecular complexity index is 583. The zero-order valence-corrected chi connectivity index (χ0v) is 15.4. The van der Waals surface area contributed by atoms with Crippen molar-refractivity contribution in [3.63, 3.8) is 0 Å². The number of amides is 2. The van der Waals surface area contributed by atoms with Crippen molar-refractivity contribution in [3.8, 4) is 5.75 Å². The Hall–Kier alpha value is -2.08. The molecule has 6 heteroatoms. The van der Waals surface area contributed by atoms with Crippen LogP contribution in [-0.4, -0.2) is 50.5 Å². The Morgan fingerprint density at radius 1 is 1.36 bits per heavy atom. The van der Waals surface area contributed by atoms with E-state index < -0.39 is 0 Å². The Balaban J connectivity index is 2.06. The lowest BCUT2D eigenvalue weighted by Crippen LogP contribution is -2.41. The highest BCUT2D eigenvalue weighted by molar-refractivity contribution is 5.79. The third kappa shape index (κ3) is 5.46. The summed E-state index contributed by atoms with van der Waals surface area (Å²) in [6.07, 6.45) is 2.71. The molecule has 2 atom stereocenters. The van der Waals surface area contributed by atoms with Crippen molar-refractivity contribution in [2.75, 3.05) is 33.8 Å². The monoisotopic (exact) mass is 347 g/mol. The minimum absolute atomic E-state index is 0.0130. The minimum atomic E-state index is -0.125. The maximum atomic E-state index is 12.6.